The summed E-state index contributed by atoms with van der Waals surface area (Å²) in [6, 6.07) is 9.54. The number of rotatable bonds is 7. The standard InChI is InChI=1S/C23H32N4O3.HI/c1-17-8-7-9-22(28)27(17)12-6-5-11-25-23(24-2)26-13-10-18-14-20(29-3)21(30-4)15-19(18)16-26;/h7-9,14-15H,5-6,10-13,16H2,1-4H3,(H,24,25);1H. The van der Waals surface area contributed by atoms with Gasteiger partial charge in [0.25, 0.3) is 5.56 Å². The molecule has 2 aromatic rings. The Balaban J connectivity index is 0.00000341. The van der Waals surface area contributed by atoms with Crippen LogP contribution in [-0.4, -0.2) is 49.8 Å². The van der Waals surface area contributed by atoms with Gasteiger partial charge in [-0.15, -0.1) is 24.0 Å². The normalized spacial score (nSPS) is 13.3. The third kappa shape index (κ3) is 6.15. The summed E-state index contributed by atoms with van der Waals surface area (Å²) < 4.78 is 12.7. The molecular formula is C23H33IN4O3. The molecule has 31 heavy (non-hydrogen) atoms. The minimum absolute atomic E-state index is 0. The lowest BCUT2D eigenvalue weighted by Gasteiger charge is -2.32. The van der Waals surface area contributed by atoms with Gasteiger partial charge in [0, 0.05) is 45.0 Å². The van der Waals surface area contributed by atoms with Crippen LogP contribution >= 0.6 is 24.0 Å². The molecule has 170 valence electrons. The maximum absolute atomic E-state index is 12.0. The van der Waals surface area contributed by atoms with Crippen LogP contribution in [0.2, 0.25) is 0 Å². The molecule has 0 unspecified atom stereocenters. The molecule has 7 nitrogen and oxygen atoms in total. The first-order chi connectivity index (χ1) is 14.6. The van der Waals surface area contributed by atoms with E-state index in [1.54, 1.807) is 20.3 Å². The smallest absolute Gasteiger partial charge is 0.250 e. The first-order valence-electron chi connectivity index (χ1n) is 10.4. The molecule has 2 heterocycles. The molecule has 0 bridgehead atoms. The predicted octanol–water partition coefficient (Wildman–Crippen LogP) is 3.21. The Bertz CT molecular complexity index is 958. The van der Waals surface area contributed by atoms with Crippen molar-refractivity contribution in [1.29, 1.82) is 0 Å². The van der Waals surface area contributed by atoms with Gasteiger partial charge in [-0.05, 0) is 55.5 Å². The number of benzene rings is 1. The van der Waals surface area contributed by atoms with Gasteiger partial charge < -0.3 is 24.3 Å². The van der Waals surface area contributed by atoms with Gasteiger partial charge in [0.2, 0.25) is 0 Å². The van der Waals surface area contributed by atoms with Gasteiger partial charge in [-0.1, -0.05) is 6.07 Å². The van der Waals surface area contributed by atoms with Crippen molar-refractivity contribution in [3.63, 3.8) is 0 Å². The highest BCUT2D eigenvalue weighted by atomic mass is 127. The summed E-state index contributed by atoms with van der Waals surface area (Å²) in [5, 5.41) is 3.47. The van der Waals surface area contributed by atoms with Crippen molar-refractivity contribution < 1.29 is 9.47 Å². The summed E-state index contributed by atoms with van der Waals surface area (Å²) in [5.41, 5.74) is 3.60. The minimum atomic E-state index is 0. The van der Waals surface area contributed by atoms with Gasteiger partial charge >= 0.3 is 0 Å². The molecule has 0 aliphatic carbocycles. The fourth-order valence-corrected chi connectivity index (χ4v) is 3.90. The zero-order valence-corrected chi connectivity index (χ0v) is 21.1. The SMILES string of the molecule is CN=C(NCCCCn1c(C)cccc1=O)N1CCc2cc(OC)c(OC)cc2C1.I. The van der Waals surface area contributed by atoms with Crippen LogP contribution in [0.5, 0.6) is 11.5 Å². The Morgan fingerprint density at radius 3 is 2.48 bits per heavy atom. The number of aliphatic imine (C=N–C) groups is 1. The van der Waals surface area contributed by atoms with E-state index in [2.05, 4.69) is 27.3 Å². The summed E-state index contributed by atoms with van der Waals surface area (Å²) in [6.45, 7) is 5.22. The van der Waals surface area contributed by atoms with E-state index < -0.39 is 0 Å². The highest BCUT2D eigenvalue weighted by molar-refractivity contribution is 14.0. The van der Waals surface area contributed by atoms with Gasteiger partial charge in [0.1, 0.15) is 0 Å². The van der Waals surface area contributed by atoms with Crippen molar-refractivity contribution in [3.8, 4) is 11.5 Å². The lowest BCUT2D eigenvalue weighted by Crippen LogP contribution is -2.44. The van der Waals surface area contributed by atoms with Gasteiger partial charge in [-0.25, -0.2) is 0 Å². The second kappa shape index (κ2) is 12.0. The van der Waals surface area contributed by atoms with Gasteiger partial charge in [0.05, 0.1) is 14.2 Å². The number of aromatic nitrogens is 1. The van der Waals surface area contributed by atoms with Crippen molar-refractivity contribution >= 4 is 29.9 Å². The van der Waals surface area contributed by atoms with E-state index in [4.69, 9.17) is 9.47 Å². The van der Waals surface area contributed by atoms with Crippen LogP contribution < -0.4 is 20.3 Å². The average Bonchev–Trinajstić information content (AvgIpc) is 2.76. The second-order valence-corrected chi connectivity index (χ2v) is 7.49. The molecule has 1 aliphatic heterocycles. The van der Waals surface area contributed by atoms with Crippen molar-refractivity contribution in [2.24, 2.45) is 4.99 Å². The quantitative estimate of drug-likeness (QED) is 0.253. The molecule has 0 radical (unpaired) electrons. The summed E-state index contributed by atoms with van der Waals surface area (Å²) in [5.74, 6) is 2.44. The van der Waals surface area contributed by atoms with Gasteiger partial charge in [-0.3, -0.25) is 9.79 Å². The second-order valence-electron chi connectivity index (χ2n) is 7.49. The van der Waals surface area contributed by atoms with Crippen LogP contribution in [0.1, 0.15) is 29.7 Å². The summed E-state index contributed by atoms with van der Waals surface area (Å²) >= 11 is 0. The lowest BCUT2D eigenvalue weighted by atomic mass is 9.99. The van der Waals surface area contributed by atoms with Crippen LogP contribution in [0.3, 0.4) is 0 Å². The van der Waals surface area contributed by atoms with Gasteiger partial charge in [-0.2, -0.15) is 0 Å². The Morgan fingerprint density at radius 2 is 1.84 bits per heavy atom. The molecule has 1 aromatic heterocycles. The largest absolute Gasteiger partial charge is 0.493 e. The number of ether oxygens (including phenoxy) is 2. The fraction of sp³-hybridized carbons (Fsp3) is 0.478. The van der Waals surface area contributed by atoms with E-state index in [1.165, 1.54) is 11.1 Å². The third-order valence-corrected chi connectivity index (χ3v) is 5.59. The van der Waals surface area contributed by atoms with Crippen LogP contribution in [0.15, 0.2) is 40.1 Å². The van der Waals surface area contributed by atoms with Crippen molar-refractivity contribution in [2.75, 3.05) is 34.4 Å². The minimum Gasteiger partial charge on any atom is -0.493 e. The molecule has 1 aliphatic rings. The lowest BCUT2D eigenvalue weighted by molar-refractivity contribution is 0.346. The number of nitrogens with one attached hydrogen (secondary N) is 1. The molecule has 3 rings (SSSR count). The zero-order valence-electron chi connectivity index (χ0n) is 18.8. The fourth-order valence-electron chi connectivity index (χ4n) is 3.90. The molecule has 0 atom stereocenters. The van der Waals surface area contributed by atoms with E-state index in [9.17, 15) is 4.79 Å². The van der Waals surface area contributed by atoms with E-state index in [-0.39, 0.29) is 29.5 Å². The molecule has 1 aromatic carbocycles. The zero-order chi connectivity index (χ0) is 21.5. The summed E-state index contributed by atoms with van der Waals surface area (Å²) in [7, 11) is 5.15. The van der Waals surface area contributed by atoms with Crippen molar-refractivity contribution in [3.05, 3.63) is 57.5 Å². The number of pyridine rings is 1. The topological polar surface area (TPSA) is 68.1 Å². The van der Waals surface area contributed by atoms with E-state index in [0.29, 0.717) is 0 Å². The number of nitrogens with zero attached hydrogens (tertiary/aromatic N) is 3. The monoisotopic (exact) mass is 540 g/mol. The average molecular weight is 540 g/mol. The van der Waals surface area contributed by atoms with E-state index >= 15 is 0 Å². The third-order valence-electron chi connectivity index (χ3n) is 5.59. The molecule has 0 fully saturated rings. The van der Waals surface area contributed by atoms with Crippen LogP contribution in [0.4, 0.5) is 0 Å². The number of hydrogen-bond acceptors (Lipinski definition) is 4. The number of guanidine groups is 1. The first-order valence-corrected chi connectivity index (χ1v) is 10.4. The Labute approximate surface area is 201 Å². The Kier molecular flexibility index (Phi) is 9.67. The molecule has 0 amide bonds. The van der Waals surface area contributed by atoms with Crippen molar-refractivity contribution in [1.82, 2.24) is 14.8 Å². The number of hydrogen-bond donors (Lipinski definition) is 1. The predicted molar refractivity (Wildman–Crippen MR) is 135 cm³/mol. The number of fused-ring (bicyclic) bond motifs is 1. The van der Waals surface area contributed by atoms with Crippen LogP contribution in [0, 0.1) is 6.92 Å². The molecule has 1 N–H and O–H groups in total. The number of halogens is 1. The number of unbranched alkanes of at least 4 members (excludes halogenated alkanes) is 1. The van der Waals surface area contributed by atoms with Crippen LogP contribution in [-0.2, 0) is 19.5 Å². The molecule has 8 heteroatoms. The molecule has 0 saturated heterocycles. The Hall–Kier alpha value is -2.23. The maximum Gasteiger partial charge on any atom is 0.250 e. The highest BCUT2D eigenvalue weighted by Crippen LogP contribution is 2.33. The molecule has 0 spiro atoms. The maximum atomic E-state index is 12.0. The van der Waals surface area contributed by atoms with Crippen LogP contribution in [0.25, 0.3) is 0 Å². The Morgan fingerprint density at radius 1 is 1.13 bits per heavy atom. The first kappa shape index (κ1) is 25.0. The molecular weight excluding hydrogens is 507 g/mol. The number of methoxy groups -OCH3 is 2. The van der Waals surface area contributed by atoms with Crippen molar-refractivity contribution in [2.45, 2.75) is 39.3 Å². The number of aryl methyl sites for hydroxylation is 1. The van der Waals surface area contributed by atoms with Gasteiger partial charge in [0.15, 0.2) is 17.5 Å². The summed E-state index contributed by atoms with van der Waals surface area (Å²) in [6.07, 6.45) is 2.84. The molecule has 0 saturated carbocycles. The van der Waals surface area contributed by atoms with E-state index in [0.717, 1.165) is 68.6 Å². The van der Waals surface area contributed by atoms with E-state index in [1.807, 2.05) is 30.7 Å². The summed E-state index contributed by atoms with van der Waals surface area (Å²) in [4.78, 5) is 18.7. The highest BCUT2D eigenvalue weighted by Gasteiger charge is 2.21.